The molecule has 1 aromatic rings. The van der Waals surface area contributed by atoms with Gasteiger partial charge in [0, 0.05) is 10.9 Å². The zero-order valence-electron chi connectivity index (χ0n) is 13.2. The first kappa shape index (κ1) is 19.6. The Morgan fingerprint density at radius 2 is 1.78 bits per heavy atom. The molecule has 0 bridgehead atoms. The molecular weight excluding hydrogens is 378 g/mol. The van der Waals surface area contributed by atoms with E-state index in [0.717, 1.165) is 19.3 Å². The van der Waals surface area contributed by atoms with E-state index in [1.165, 1.54) is 12.8 Å². The number of hydrazine groups is 1. The predicted molar refractivity (Wildman–Crippen MR) is 98.9 cm³/mol. The number of unbranched alkanes of at least 4 members (excludes halogenated alkanes) is 4. The van der Waals surface area contributed by atoms with E-state index in [0.29, 0.717) is 16.5 Å². The van der Waals surface area contributed by atoms with Crippen molar-refractivity contribution in [2.24, 2.45) is 0 Å². The van der Waals surface area contributed by atoms with Gasteiger partial charge in [0.2, 0.25) is 5.91 Å². The second kappa shape index (κ2) is 11.1. The van der Waals surface area contributed by atoms with Gasteiger partial charge in [0.1, 0.15) is 0 Å². The Balaban J connectivity index is 2.25. The van der Waals surface area contributed by atoms with Crippen molar-refractivity contribution in [2.45, 2.75) is 45.4 Å². The van der Waals surface area contributed by atoms with Crippen LogP contribution in [0.2, 0.25) is 0 Å². The van der Waals surface area contributed by atoms with E-state index >= 15 is 0 Å². The number of halogens is 1. The Bertz CT molecular complexity index is 552. The summed E-state index contributed by atoms with van der Waals surface area (Å²) in [4.78, 5) is 23.6. The van der Waals surface area contributed by atoms with Crippen molar-refractivity contribution in [3.05, 3.63) is 34.3 Å². The molecule has 0 heterocycles. The molecule has 0 spiro atoms. The van der Waals surface area contributed by atoms with Crippen molar-refractivity contribution >= 4 is 45.1 Å². The van der Waals surface area contributed by atoms with Crippen LogP contribution in [-0.2, 0) is 4.79 Å². The summed E-state index contributed by atoms with van der Waals surface area (Å²) in [6, 6.07) is 7.03. The lowest BCUT2D eigenvalue weighted by Gasteiger charge is -2.11. The molecule has 5 nitrogen and oxygen atoms in total. The van der Waals surface area contributed by atoms with E-state index in [1.807, 2.05) is 6.07 Å². The molecule has 1 rings (SSSR count). The minimum absolute atomic E-state index is 0.0870. The lowest BCUT2D eigenvalue weighted by molar-refractivity contribution is -0.119. The predicted octanol–water partition coefficient (Wildman–Crippen LogP) is 3.45. The molecule has 0 atom stereocenters. The number of carbonyl (C=O) groups is 2. The van der Waals surface area contributed by atoms with E-state index in [2.05, 4.69) is 39.0 Å². The molecule has 3 N–H and O–H groups in total. The summed E-state index contributed by atoms with van der Waals surface area (Å²) < 4.78 is 0.682. The number of carbonyl (C=O) groups excluding carboxylic acids is 2. The normalized spacial score (nSPS) is 10.0. The largest absolute Gasteiger partial charge is 0.302 e. The number of amides is 2. The first-order valence-corrected chi connectivity index (χ1v) is 8.89. The second-order valence-corrected chi connectivity index (χ2v) is 6.36. The summed E-state index contributed by atoms with van der Waals surface area (Å²) in [6.07, 6.45) is 5.84. The maximum Gasteiger partial charge on any atom is 0.270 e. The summed E-state index contributed by atoms with van der Waals surface area (Å²) in [7, 11) is 0. The van der Waals surface area contributed by atoms with Crippen molar-refractivity contribution in [1.82, 2.24) is 16.2 Å². The summed E-state index contributed by atoms with van der Waals surface area (Å²) >= 11 is 8.28. The number of rotatable bonds is 7. The first-order valence-electron chi connectivity index (χ1n) is 7.69. The third kappa shape index (κ3) is 8.08. The van der Waals surface area contributed by atoms with Gasteiger partial charge in [-0.25, -0.2) is 0 Å². The monoisotopic (exact) mass is 399 g/mol. The molecular formula is C16H22BrN3O2S. The Morgan fingerprint density at radius 1 is 1.09 bits per heavy atom. The number of thiocarbonyl (C=S) groups is 1. The summed E-state index contributed by atoms with van der Waals surface area (Å²) in [5, 5.41) is 2.63. The van der Waals surface area contributed by atoms with Gasteiger partial charge in [-0.2, -0.15) is 0 Å². The summed E-state index contributed by atoms with van der Waals surface area (Å²) in [6.45, 7) is 2.15. The maximum atomic E-state index is 12.0. The fraction of sp³-hybridized carbons (Fsp3) is 0.438. The van der Waals surface area contributed by atoms with Gasteiger partial charge in [0.05, 0.1) is 5.56 Å². The highest BCUT2D eigenvalue weighted by Gasteiger charge is 2.10. The van der Waals surface area contributed by atoms with Gasteiger partial charge in [0.15, 0.2) is 5.11 Å². The van der Waals surface area contributed by atoms with Crippen LogP contribution in [0.3, 0.4) is 0 Å². The minimum atomic E-state index is -0.339. The zero-order valence-corrected chi connectivity index (χ0v) is 15.6. The van der Waals surface area contributed by atoms with Crippen molar-refractivity contribution in [3.63, 3.8) is 0 Å². The maximum absolute atomic E-state index is 12.0. The average molecular weight is 400 g/mol. The van der Waals surface area contributed by atoms with E-state index in [-0.39, 0.29) is 16.9 Å². The summed E-state index contributed by atoms with van der Waals surface area (Å²) in [5.41, 5.74) is 5.46. The van der Waals surface area contributed by atoms with Crippen molar-refractivity contribution in [3.8, 4) is 0 Å². The molecule has 1 aromatic carbocycles. The van der Waals surface area contributed by atoms with Crippen molar-refractivity contribution in [1.29, 1.82) is 0 Å². The third-order valence-electron chi connectivity index (χ3n) is 3.17. The highest BCUT2D eigenvalue weighted by atomic mass is 79.9. The molecule has 0 unspecified atom stereocenters. The van der Waals surface area contributed by atoms with Crippen LogP contribution in [-0.4, -0.2) is 16.9 Å². The first-order chi connectivity index (χ1) is 11.0. The van der Waals surface area contributed by atoms with Gasteiger partial charge >= 0.3 is 0 Å². The minimum Gasteiger partial charge on any atom is -0.302 e. The quantitative estimate of drug-likeness (QED) is 0.373. The number of benzene rings is 1. The summed E-state index contributed by atoms with van der Waals surface area (Å²) in [5.74, 6) is -0.484. The fourth-order valence-corrected chi connectivity index (χ4v) is 2.57. The van der Waals surface area contributed by atoms with Gasteiger partial charge in [0.25, 0.3) is 5.91 Å². The average Bonchev–Trinajstić information content (AvgIpc) is 2.53. The fourth-order valence-electron chi connectivity index (χ4n) is 1.94. The van der Waals surface area contributed by atoms with Gasteiger partial charge in [-0.1, -0.05) is 44.7 Å². The number of hydrogen-bond acceptors (Lipinski definition) is 3. The van der Waals surface area contributed by atoms with Crippen molar-refractivity contribution in [2.75, 3.05) is 0 Å². The lowest BCUT2D eigenvalue weighted by Crippen LogP contribution is -2.48. The topological polar surface area (TPSA) is 70.2 Å². The highest BCUT2D eigenvalue weighted by Crippen LogP contribution is 2.15. The molecule has 23 heavy (non-hydrogen) atoms. The molecule has 0 aliphatic carbocycles. The molecule has 0 aliphatic rings. The van der Waals surface area contributed by atoms with E-state index in [1.54, 1.807) is 18.2 Å². The van der Waals surface area contributed by atoms with E-state index < -0.39 is 0 Å². The molecule has 0 radical (unpaired) electrons. The molecule has 0 aliphatic heterocycles. The van der Waals surface area contributed by atoms with Crippen LogP contribution in [0.5, 0.6) is 0 Å². The van der Waals surface area contributed by atoms with Crippen LogP contribution in [0, 0.1) is 0 Å². The van der Waals surface area contributed by atoms with Gasteiger partial charge in [-0.3, -0.25) is 20.4 Å². The smallest absolute Gasteiger partial charge is 0.270 e. The highest BCUT2D eigenvalue weighted by molar-refractivity contribution is 9.10. The molecule has 0 saturated carbocycles. The van der Waals surface area contributed by atoms with E-state index in [9.17, 15) is 9.59 Å². The van der Waals surface area contributed by atoms with Gasteiger partial charge < -0.3 is 5.32 Å². The van der Waals surface area contributed by atoms with E-state index in [4.69, 9.17) is 12.2 Å². The molecule has 2 amide bonds. The molecule has 0 saturated heterocycles. The molecule has 7 heteroatoms. The van der Waals surface area contributed by atoms with Gasteiger partial charge in [-0.15, -0.1) is 0 Å². The molecule has 0 fully saturated rings. The van der Waals surface area contributed by atoms with Crippen molar-refractivity contribution < 1.29 is 9.59 Å². The Morgan fingerprint density at radius 3 is 2.48 bits per heavy atom. The van der Waals surface area contributed by atoms with Crippen LogP contribution in [0.4, 0.5) is 0 Å². The van der Waals surface area contributed by atoms with Crippen LogP contribution in [0.15, 0.2) is 28.7 Å². The standard InChI is InChI=1S/C16H22BrN3O2S/c1-2-3-4-5-6-11-14(21)18-16(23)20-19-15(22)12-9-7-8-10-13(12)17/h7-10H,2-6,11H2,1H3,(H,19,22)(H2,18,20,21,23). The zero-order chi connectivity index (χ0) is 17.1. The second-order valence-electron chi connectivity index (χ2n) is 5.10. The number of hydrogen-bond donors (Lipinski definition) is 3. The van der Waals surface area contributed by atoms with Gasteiger partial charge in [-0.05, 0) is 46.7 Å². The van der Waals surface area contributed by atoms with Crippen LogP contribution >= 0.6 is 28.1 Å². The number of nitrogens with one attached hydrogen (secondary N) is 3. The van der Waals surface area contributed by atoms with Crippen LogP contribution < -0.4 is 16.2 Å². The third-order valence-corrected chi connectivity index (χ3v) is 4.06. The molecule has 126 valence electrons. The lowest BCUT2D eigenvalue weighted by atomic mass is 10.1. The Labute approximate surface area is 150 Å². The Kier molecular flexibility index (Phi) is 9.47. The van der Waals surface area contributed by atoms with Crippen LogP contribution in [0.25, 0.3) is 0 Å². The van der Waals surface area contributed by atoms with Crippen LogP contribution in [0.1, 0.15) is 55.8 Å². The molecule has 0 aromatic heterocycles. The Hall–Kier alpha value is -1.47. The SMILES string of the molecule is CCCCCCCC(=O)NC(=S)NNC(=O)c1ccccc1Br.